The lowest BCUT2D eigenvalue weighted by Gasteiger charge is -2.39. The van der Waals surface area contributed by atoms with Gasteiger partial charge in [0, 0.05) is 12.0 Å². The van der Waals surface area contributed by atoms with Crippen LogP contribution in [0.4, 0.5) is 0 Å². The Morgan fingerprint density at radius 2 is 2.18 bits per heavy atom. The van der Waals surface area contributed by atoms with Crippen molar-refractivity contribution in [1.29, 1.82) is 0 Å². The van der Waals surface area contributed by atoms with Crippen molar-refractivity contribution < 1.29 is 42.0 Å². The number of phosphoric ester groups is 1. The summed E-state index contributed by atoms with van der Waals surface area (Å²) in [4.78, 5) is 39.2. The minimum absolute atomic E-state index is 0.0203. The molecule has 0 saturated carbocycles. The minimum Gasteiger partial charge on any atom is -0.469 e. The van der Waals surface area contributed by atoms with E-state index in [1.54, 1.807) is 13.8 Å². The summed E-state index contributed by atoms with van der Waals surface area (Å²) >= 11 is 1.07. The number of methoxy groups -OCH3 is 1. The molecule has 0 aromatic carbocycles. The predicted octanol–water partition coefficient (Wildman–Crippen LogP) is 1.50. The zero-order valence-corrected chi connectivity index (χ0v) is 17.2. The van der Waals surface area contributed by atoms with Gasteiger partial charge in [-0.15, -0.1) is 11.3 Å². The van der Waals surface area contributed by atoms with Crippen LogP contribution in [-0.2, 0) is 37.2 Å². The molecule has 0 unspecified atom stereocenters. The number of phosphoric acid groups is 1. The van der Waals surface area contributed by atoms with Gasteiger partial charge in [-0.25, -0.2) is 13.9 Å². The normalized spacial score (nSPS) is 23.6. The van der Waals surface area contributed by atoms with E-state index in [2.05, 4.69) is 15.0 Å². The second-order valence-corrected chi connectivity index (χ2v) is 8.86. The number of hydrogen-bond acceptors (Lipinski definition) is 11. The third kappa shape index (κ3) is 6.08. The van der Waals surface area contributed by atoms with Crippen LogP contribution in [0, 0.1) is 5.41 Å². The molecular weight excluding hydrogens is 415 g/mol. The van der Waals surface area contributed by atoms with Crippen LogP contribution in [0.2, 0.25) is 0 Å². The third-order valence-corrected chi connectivity index (χ3v) is 5.76. The van der Waals surface area contributed by atoms with E-state index in [1.807, 2.05) is 0 Å². The summed E-state index contributed by atoms with van der Waals surface area (Å²) in [6, 6.07) is 0. The lowest BCUT2D eigenvalue weighted by Crippen LogP contribution is -2.50. The Kier molecular flexibility index (Phi) is 7.67. The molecule has 0 bridgehead atoms. The third-order valence-electron chi connectivity index (χ3n) is 3.67. The molecule has 156 valence electrons. The first-order chi connectivity index (χ1) is 13.2. The maximum atomic E-state index is 12.6. The summed E-state index contributed by atoms with van der Waals surface area (Å²) in [7, 11) is -2.89. The van der Waals surface area contributed by atoms with Gasteiger partial charge in [0.05, 0.1) is 31.8 Å². The van der Waals surface area contributed by atoms with Crippen molar-refractivity contribution in [2.45, 2.75) is 26.4 Å². The summed E-state index contributed by atoms with van der Waals surface area (Å²) in [5.74, 6) is -1.77. The van der Waals surface area contributed by atoms with E-state index < -0.39 is 44.0 Å². The average Bonchev–Trinajstić information content (AvgIpc) is 3.18. The quantitative estimate of drug-likeness (QED) is 0.362. The van der Waals surface area contributed by atoms with Gasteiger partial charge in [0.15, 0.2) is 6.10 Å². The van der Waals surface area contributed by atoms with E-state index in [1.165, 1.54) is 18.8 Å². The summed E-state index contributed by atoms with van der Waals surface area (Å²) in [6.45, 7) is 2.61. The van der Waals surface area contributed by atoms with Crippen molar-refractivity contribution in [1.82, 2.24) is 10.3 Å². The molecule has 2 heterocycles. The van der Waals surface area contributed by atoms with Crippen LogP contribution >= 0.6 is 19.2 Å². The first-order valence-corrected chi connectivity index (χ1v) is 10.5. The van der Waals surface area contributed by atoms with Crippen molar-refractivity contribution in [2.75, 3.05) is 27.1 Å². The highest BCUT2D eigenvalue weighted by Crippen LogP contribution is 2.57. The molecule has 0 spiro atoms. The van der Waals surface area contributed by atoms with E-state index in [4.69, 9.17) is 18.3 Å². The number of rotatable bonds is 8. The molecule has 0 radical (unpaired) electrons. The molecule has 1 amide bonds. The summed E-state index contributed by atoms with van der Waals surface area (Å²) in [6.07, 6.45) is 0.134. The van der Waals surface area contributed by atoms with E-state index in [9.17, 15) is 18.9 Å². The largest absolute Gasteiger partial charge is 0.478 e. The van der Waals surface area contributed by atoms with Crippen LogP contribution in [0.25, 0.3) is 0 Å². The molecule has 2 atom stereocenters. The Morgan fingerprint density at radius 1 is 1.43 bits per heavy atom. The Labute approximate surface area is 165 Å². The van der Waals surface area contributed by atoms with E-state index in [0.717, 1.165) is 11.3 Å². The molecule has 11 nitrogen and oxygen atoms in total. The number of amides is 1. The lowest BCUT2D eigenvalue weighted by atomic mass is 9.87. The van der Waals surface area contributed by atoms with Gasteiger partial charge < -0.3 is 14.8 Å². The number of carbonyl (C=O) groups excluding carboxylic acids is 3. The van der Waals surface area contributed by atoms with Gasteiger partial charge in [-0.05, 0) is 0 Å². The number of aromatic nitrogens is 1. The minimum atomic E-state index is -4.14. The second kappa shape index (κ2) is 9.57. The number of hydrogen-bond donors (Lipinski definition) is 1. The van der Waals surface area contributed by atoms with Gasteiger partial charge in [-0.2, -0.15) is 0 Å². The topological polar surface area (TPSA) is 139 Å². The number of carbonyl (C=O) groups is 3. The fraction of sp³-hybridized carbons (Fsp3) is 0.600. The molecule has 1 saturated heterocycles. The van der Waals surface area contributed by atoms with Crippen molar-refractivity contribution >= 4 is 37.0 Å². The van der Waals surface area contributed by atoms with Gasteiger partial charge in [-0.3, -0.25) is 23.6 Å². The zero-order valence-electron chi connectivity index (χ0n) is 15.5. The monoisotopic (exact) mass is 436 g/mol. The van der Waals surface area contributed by atoms with E-state index >= 15 is 0 Å². The molecule has 1 N–H and O–H groups in total. The molecule has 1 fully saturated rings. The van der Waals surface area contributed by atoms with Crippen LogP contribution in [-0.4, -0.2) is 56.0 Å². The molecule has 2 rings (SSSR count). The maximum Gasteiger partial charge on any atom is 0.478 e. The zero-order chi connectivity index (χ0) is 20.8. The molecule has 1 aromatic heterocycles. The fourth-order valence-electron chi connectivity index (χ4n) is 2.11. The van der Waals surface area contributed by atoms with Crippen molar-refractivity contribution in [3.05, 3.63) is 16.6 Å². The van der Waals surface area contributed by atoms with Crippen molar-refractivity contribution in [3.8, 4) is 0 Å². The highest BCUT2D eigenvalue weighted by molar-refractivity contribution is 7.48. The molecule has 0 aliphatic carbocycles. The molecule has 13 heteroatoms. The summed E-state index contributed by atoms with van der Waals surface area (Å²) in [5, 5.41) is 2.52. The van der Waals surface area contributed by atoms with Crippen LogP contribution in [0.3, 0.4) is 0 Å². The fourth-order valence-corrected chi connectivity index (χ4v) is 4.13. The summed E-state index contributed by atoms with van der Waals surface area (Å²) in [5.41, 5.74) is 0.643. The standard InChI is InChI=1S/C15H21N2O9PS/c1-15(2)7-24-27(21,25-9-23-14(20)10-6-16-8-28-10)26-12(15)13(19)17-5-4-11(18)22-3/h6,8,12H,4-5,7,9H2,1-3H3,(H,17,19)/t12-,27-/m0/s1. The maximum absolute atomic E-state index is 12.6. The number of ether oxygens (including phenoxy) is 2. The average molecular weight is 436 g/mol. The second-order valence-electron chi connectivity index (χ2n) is 6.36. The first-order valence-electron chi connectivity index (χ1n) is 8.14. The van der Waals surface area contributed by atoms with E-state index in [0.29, 0.717) is 0 Å². The van der Waals surface area contributed by atoms with Gasteiger partial charge in [0.1, 0.15) is 4.88 Å². The molecule has 28 heavy (non-hydrogen) atoms. The predicted molar refractivity (Wildman–Crippen MR) is 95.3 cm³/mol. The van der Waals surface area contributed by atoms with Crippen LogP contribution < -0.4 is 5.32 Å². The molecule has 1 aromatic rings. The highest BCUT2D eigenvalue weighted by atomic mass is 32.1. The Balaban J connectivity index is 1.89. The summed E-state index contributed by atoms with van der Waals surface area (Å²) < 4.78 is 37.3. The Hall–Kier alpha value is -1.85. The molecule has 1 aliphatic heterocycles. The number of nitrogens with one attached hydrogen (secondary N) is 1. The first kappa shape index (κ1) is 22.4. The van der Waals surface area contributed by atoms with Gasteiger partial charge in [0.25, 0.3) is 0 Å². The van der Waals surface area contributed by atoms with Gasteiger partial charge in [-0.1, -0.05) is 13.8 Å². The van der Waals surface area contributed by atoms with Gasteiger partial charge in [0.2, 0.25) is 12.7 Å². The molecular formula is C15H21N2O9PS. The van der Waals surface area contributed by atoms with Crippen LogP contribution in [0.1, 0.15) is 29.9 Å². The number of nitrogens with zero attached hydrogens (tertiary/aromatic N) is 1. The lowest BCUT2D eigenvalue weighted by molar-refractivity contribution is -0.144. The highest BCUT2D eigenvalue weighted by Gasteiger charge is 2.49. The van der Waals surface area contributed by atoms with Crippen LogP contribution in [0.15, 0.2) is 11.7 Å². The number of esters is 2. The SMILES string of the molecule is COC(=O)CCNC(=O)[C@@H]1O[P@](=O)(OCOC(=O)c2cncs2)OCC1(C)C. The van der Waals surface area contributed by atoms with Gasteiger partial charge >= 0.3 is 19.8 Å². The molecule has 1 aliphatic rings. The Morgan fingerprint density at radius 3 is 2.82 bits per heavy atom. The van der Waals surface area contributed by atoms with Crippen molar-refractivity contribution in [2.24, 2.45) is 5.41 Å². The van der Waals surface area contributed by atoms with E-state index in [-0.39, 0.29) is 24.4 Å². The Bertz CT molecular complexity index is 753. The smallest absolute Gasteiger partial charge is 0.469 e. The number of thiazole rings is 1. The van der Waals surface area contributed by atoms with Crippen molar-refractivity contribution in [3.63, 3.8) is 0 Å². The van der Waals surface area contributed by atoms with Crippen LogP contribution in [0.5, 0.6) is 0 Å².